The minimum absolute atomic E-state index is 0.317. The Labute approximate surface area is 121 Å². The molecule has 1 saturated heterocycles. The monoisotopic (exact) mass is 352 g/mol. The van der Waals surface area contributed by atoms with Crippen LogP contribution in [0.2, 0.25) is 0 Å². The van der Waals surface area contributed by atoms with Gasteiger partial charge in [0, 0.05) is 19.1 Å². The summed E-state index contributed by atoms with van der Waals surface area (Å²) in [6.07, 6.45) is 1.99. The van der Waals surface area contributed by atoms with E-state index in [4.69, 9.17) is 0 Å². The van der Waals surface area contributed by atoms with Gasteiger partial charge >= 0.3 is 0 Å². The molecule has 0 N–H and O–H groups in total. The van der Waals surface area contributed by atoms with E-state index in [2.05, 4.69) is 20.8 Å². The summed E-state index contributed by atoms with van der Waals surface area (Å²) in [6.45, 7) is 1.22. The number of halogens is 1. The second-order valence-electron chi connectivity index (χ2n) is 4.68. The Hall–Kier alpha value is 0.0500. The molecule has 0 aromatic carbocycles. The Morgan fingerprint density at radius 2 is 2.17 bits per heavy atom. The fourth-order valence-electron chi connectivity index (χ4n) is 2.12. The molecule has 0 bridgehead atoms. The zero-order chi connectivity index (χ0) is 13.3. The summed E-state index contributed by atoms with van der Waals surface area (Å²) in [4.78, 5) is 2.10. The van der Waals surface area contributed by atoms with Gasteiger partial charge in [0.05, 0.1) is 3.79 Å². The van der Waals surface area contributed by atoms with Crippen LogP contribution in [0.15, 0.2) is 20.1 Å². The van der Waals surface area contributed by atoms with Crippen LogP contribution < -0.4 is 0 Å². The number of hydrogen-bond donors (Lipinski definition) is 0. The van der Waals surface area contributed by atoms with Crippen LogP contribution in [-0.4, -0.2) is 50.8 Å². The number of thiophene rings is 1. The molecule has 1 fully saturated rings. The SMILES string of the molecule is CN(C)C1CCCN(S(=O)(=O)c2ccc(Br)s2)C1. The van der Waals surface area contributed by atoms with Crippen molar-refractivity contribution in [2.75, 3.05) is 27.2 Å². The maximum atomic E-state index is 12.5. The predicted octanol–water partition coefficient (Wildman–Crippen LogP) is 2.23. The highest BCUT2D eigenvalue weighted by atomic mass is 79.9. The van der Waals surface area contributed by atoms with E-state index >= 15 is 0 Å². The zero-order valence-electron chi connectivity index (χ0n) is 10.5. The van der Waals surface area contributed by atoms with Crippen LogP contribution >= 0.6 is 27.3 Å². The summed E-state index contributed by atoms with van der Waals surface area (Å²) in [5, 5.41) is 0. The average molecular weight is 353 g/mol. The number of piperidine rings is 1. The normalized spacial score (nSPS) is 22.6. The Balaban J connectivity index is 2.20. The molecular weight excluding hydrogens is 336 g/mol. The van der Waals surface area contributed by atoms with Gasteiger partial charge in [-0.25, -0.2) is 8.42 Å². The fourth-order valence-corrected chi connectivity index (χ4v) is 5.80. The second kappa shape index (κ2) is 5.58. The van der Waals surface area contributed by atoms with Crippen LogP contribution in [0.5, 0.6) is 0 Å². The maximum Gasteiger partial charge on any atom is 0.252 e. The smallest absolute Gasteiger partial charge is 0.252 e. The van der Waals surface area contributed by atoms with Crippen LogP contribution in [0.3, 0.4) is 0 Å². The number of nitrogens with zero attached hydrogens (tertiary/aromatic N) is 2. The van der Waals surface area contributed by atoms with Gasteiger partial charge in [-0.2, -0.15) is 4.31 Å². The highest BCUT2D eigenvalue weighted by Crippen LogP contribution is 2.30. The standard InChI is InChI=1S/C11H17BrN2O2S2/c1-13(2)9-4-3-7-14(8-9)18(15,16)11-6-5-10(12)17-11/h5-6,9H,3-4,7-8H2,1-2H3. The first kappa shape index (κ1) is 14.5. The zero-order valence-corrected chi connectivity index (χ0v) is 13.7. The van der Waals surface area contributed by atoms with Crippen molar-refractivity contribution >= 4 is 37.3 Å². The molecule has 1 aromatic rings. The molecule has 0 spiro atoms. The minimum Gasteiger partial charge on any atom is -0.305 e. The van der Waals surface area contributed by atoms with E-state index in [-0.39, 0.29) is 0 Å². The largest absolute Gasteiger partial charge is 0.305 e. The van der Waals surface area contributed by atoms with Crippen LogP contribution in [-0.2, 0) is 10.0 Å². The number of sulfonamides is 1. The lowest BCUT2D eigenvalue weighted by Gasteiger charge is -2.35. The lowest BCUT2D eigenvalue weighted by molar-refractivity contribution is 0.190. The topological polar surface area (TPSA) is 40.6 Å². The number of likely N-dealkylation sites (N-methyl/N-ethyl adjacent to an activating group) is 1. The fraction of sp³-hybridized carbons (Fsp3) is 0.636. The lowest BCUT2D eigenvalue weighted by Crippen LogP contribution is -2.47. The molecule has 1 unspecified atom stereocenters. The third kappa shape index (κ3) is 2.96. The van der Waals surface area contributed by atoms with E-state index in [9.17, 15) is 8.42 Å². The van der Waals surface area contributed by atoms with Crippen molar-refractivity contribution in [3.63, 3.8) is 0 Å². The highest BCUT2D eigenvalue weighted by molar-refractivity contribution is 9.11. The van der Waals surface area contributed by atoms with Crippen molar-refractivity contribution in [2.24, 2.45) is 0 Å². The van der Waals surface area contributed by atoms with E-state index in [1.165, 1.54) is 11.3 Å². The van der Waals surface area contributed by atoms with Crippen molar-refractivity contribution in [3.05, 3.63) is 15.9 Å². The van der Waals surface area contributed by atoms with Gasteiger partial charge in [-0.3, -0.25) is 0 Å². The summed E-state index contributed by atoms with van der Waals surface area (Å²) < 4.78 is 27.8. The van der Waals surface area contributed by atoms with E-state index in [0.29, 0.717) is 23.3 Å². The maximum absolute atomic E-state index is 12.5. The molecule has 102 valence electrons. The predicted molar refractivity (Wildman–Crippen MR) is 77.5 cm³/mol. The molecule has 18 heavy (non-hydrogen) atoms. The summed E-state index contributed by atoms with van der Waals surface area (Å²) >= 11 is 4.58. The second-order valence-corrected chi connectivity index (χ2v) is 9.31. The molecule has 0 saturated carbocycles. The molecule has 1 atom stereocenters. The molecule has 0 radical (unpaired) electrons. The van der Waals surface area contributed by atoms with Gasteiger partial charge in [0.2, 0.25) is 0 Å². The Morgan fingerprint density at radius 1 is 1.44 bits per heavy atom. The van der Waals surface area contributed by atoms with Crippen LogP contribution in [0.25, 0.3) is 0 Å². The lowest BCUT2D eigenvalue weighted by atomic mass is 10.1. The van der Waals surface area contributed by atoms with Gasteiger partial charge < -0.3 is 4.90 Å². The van der Waals surface area contributed by atoms with Crippen molar-refractivity contribution in [1.29, 1.82) is 0 Å². The number of rotatable bonds is 3. The van der Waals surface area contributed by atoms with E-state index in [1.54, 1.807) is 16.4 Å². The van der Waals surface area contributed by atoms with Gasteiger partial charge in [0.1, 0.15) is 4.21 Å². The molecule has 7 heteroatoms. The van der Waals surface area contributed by atoms with Gasteiger partial charge in [0.15, 0.2) is 0 Å². The summed E-state index contributed by atoms with van der Waals surface area (Å²) in [5.74, 6) is 0. The van der Waals surface area contributed by atoms with Gasteiger partial charge in [0.25, 0.3) is 10.0 Å². The third-order valence-corrected chi connectivity index (χ3v) is 7.19. The van der Waals surface area contributed by atoms with Crippen molar-refractivity contribution in [1.82, 2.24) is 9.21 Å². The van der Waals surface area contributed by atoms with Crippen molar-refractivity contribution in [2.45, 2.75) is 23.1 Å². The Bertz CT molecular complexity index is 513. The molecule has 1 aliphatic heterocycles. The van der Waals surface area contributed by atoms with Crippen LogP contribution in [0.4, 0.5) is 0 Å². The van der Waals surface area contributed by atoms with E-state index in [0.717, 1.165) is 16.6 Å². The number of hydrogen-bond acceptors (Lipinski definition) is 4. The first-order chi connectivity index (χ1) is 8.41. The Morgan fingerprint density at radius 3 is 2.72 bits per heavy atom. The summed E-state index contributed by atoms with van der Waals surface area (Å²) in [5.41, 5.74) is 0. The molecule has 2 rings (SSSR count). The van der Waals surface area contributed by atoms with E-state index < -0.39 is 10.0 Å². The minimum atomic E-state index is -3.31. The molecule has 4 nitrogen and oxygen atoms in total. The molecule has 1 aromatic heterocycles. The quantitative estimate of drug-likeness (QED) is 0.837. The first-order valence-corrected chi connectivity index (χ1v) is 8.88. The summed E-state index contributed by atoms with van der Waals surface area (Å²) in [7, 11) is 0.693. The average Bonchev–Trinajstić information content (AvgIpc) is 2.77. The first-order valence-electron chi connectivity index (χ1n) is 5.83. The van der Waals surface area contributed by atoms with Gasteiger partial charge in [-0.1, -0.05) is 0 Å². The third-order valence-electron chi connectivity index (χ3n) is 3.23. The molecule has 2 heterocycles. The molecule has 0 amide bonds. The molecule has 0 aliphatic carbocycles. The molecular formula is C11H17BrN2O2S2. The van der Waals surface area contributed by atoms with E-state index in [1.807, 2.05) is 14.1 Å². The van der Waals surface area contributed by atoms with Crippen molar-refractivity contribution in [3.8, 4) is 0 Å². The highest BCUT2D eigenvalue weighted by Gasteiger charge is 2.31. The summed E-state index contributed by atoms with van der Waals surface area (Å²) in [6, 6.07) is 3.77. The Kier molecular flexibility index (Phi) is 4.48. The van der Waals surface area contributed by atoms with Crippen LogP contribution in [0, 0.1) is 0 Å². The van der Waals surface area contributed by atoms with Gasteiger partial charge in [-0.15, -0.1) is 11.3 Å². The van der Waals surface area contributed by atoms with Crippen LogP contribution in [0.1, 0.15) is 12.8 Å². The van der Waals surface area contributed by atoms with Gasteiger partial charge in [-0.05, 0) is 55.0 Å². The van der Waals surface area contributed by atoms with Crippen molar-refractivity contribution < 1.29 is 8.42 Å². The molecule has 1 aliphatic rings.